The van der Waals surface area contributed by atoms with Gasteiger partial charge in [-0.25, -0.2) is 8.42 Å². The molecular weight excluding hydrogens is 420 g/mol. The molecule has 2 heterocycles. The van der Waals surface area contributed by atoms with Gasteiger partial charge >= 0.3 is 5.97 Å². The lowest BCUT2D eigenvalue weighted by molar-refractivity contribution is -0.140. The van der Waals surface area contributed by atoms with Crippen LogP contribution in [0.4, 0.5) is 0 Å². The van der Waals surface area contributed by atoms with E-state index in [9.17, 15) is 18.3 Å². The second-order valence-electron chi connectivity index (χ2n) is 6.55. The molecule has 1 aliphatic carbocycles. The molecular formula is C19H15ClN2O4S2. The Morgan fingerprint density at radius 3 is 2.61 bits per heavy atom. The number of carbonyl (C=O) groups is 1. The van der Waals surface area contributed by atoms with Crippen molar-refractivity contribution in [2.24, 2.45) is 0 Å². The van der Waals surface area contributed by atoms with E-state index in [-0.39, 0.29) is 10.6 Å². The summed E-state index contributed by atoms with van der Waals surface area (Å²) in [6.07, 6.45) is 3.33. The van der Waals surface area contributed by atoms with Crippen molar-refractivity contribution < 1.29 is 18.3 Å². The normalized spacial score (nSPS) is 21.4. The van der Waals surface area contributed by atoms with E-state index in [2.05, 4.69) is 9.71 Å². The highest BCUT2D eigenvalue weighted by Gasteiger charge is 2.63. The molecule has 0 bridgehead atoms. The fraction of sp³-hybridized carbons (Fsp3) is 0.158. The fourth-order valence-corrected chi connectivity index (χ4v) is 6.01. The first kappa shape index (κ1) is 19.1. The summed E-state index contributed by atoms with van der Waals surface area (Å²) in [7, 11) is -4.00. The van der Waals surface area contributed by atoms with Crippen LogP contribution in [0.2, 0.25) is 5.02 Å². The van der Waals surface area contributed by atoms with Crippen LogP contribution < -0.4 is 4.72 Å². The van der Waals surface area contributed by atoms with Crippen LogP contribution in [0, 0.1) is 0 Å². The van der Waals surface area contributed by atoms with Crippen LogP contribution in [0.1, 0.15) is 17.9 Å². The SMILES string of the molecule is O=C(O)[C@@]1(NS(=O)(=O)c2ccc(-c3ccc(Cl)cc3)s2)C[C@H]1c1cccnc1. The van der Waals surface area contributed by atoms with Gasteiger partial charge in [0, 0.05) is 28.2 Å². The van der Waals surface area contributed by atoms with E-state index in [4.69, 9.17) is 11.6 Å². The fourth-order valence-electron chi connectivity index (χ4n) is 3.16. The molecule has 6 nitrogen and oxygen atoms in total. The number of halogens is 1. The molecule has 0 saturated heterocycles. The number of benzene rings is 1. The number of aliphatic carboxylic acids is 1. The van der Waals surface area contributed by atoms with Crippen molar-refractivity contribution in [3.8, 4) is 10.4 Å². The number of nitrogens with one attached hydrogen (secondary N) is 1. The second kappa shape index (κ2) is 6.97. The molecule has 2 aromatic heterocycles. The predicted octanol–water partition coefficient (Wildman–Crippen LogP) is 3.75. The van der Waals surface area contributed by atoms with Gasteiger partial charge in [0.1, 0.15) is 9.75 Å². The highest BCUT2D eigenvalue weighted by atomic mass is 35.5. The summed E-state index contributed by atoms with van der Waals surface area (Å²) in [5.74, 6) is -1.65. The Kier molecular flexibility index (Phi) is 4.75. The first-order valence-electron chi connectivity index (χ1n) is 8.35. The quantitative estimate of drug-likeness (QED) is 0.615. The lowest BCUT2D eigenvalue weighted by Gasteiger charge is -2.14. The third kappa shape index (κ3) is 3.44. The number of sulfonamides is 1. The molecule has 0 amide bonds. The van der Waals surface area contributed by atoms with Crippen molar-refractivity contribution in [1.29, 1.82) is 0 Å². The maximum atomic E-state index is 12.9. The number of aromatic nitrogens is 1. The van der Waals surface area contributed by atoms with Crippen LogP contribution in [-0.2, 0) is 14.8 Å². The van der Waals surface area contributed by atoms with E-state index in [1.807, 2.05) is 0 Å². The average molecular weight is 435 g/mol. The molecule has 28 heavy (non-hydrogen) atoms. The number of pyridine rings is 1. The van der Waals surface area contributed by atoms with Crippen LogP contribution in [0.25, 0.3) is 10.4 Å². The zero-order valence-corrected chi connectivity index (χ0v) is 16.8. The molecule has 1 aromatic carbocycles. The summed E-state index contributed by atoms with van der Waals surface area (Å²) in [5, 5.41) is 10.3. The molecule has 2 atom stereocenters. The lowest BCUT2D eigenvalue weighted by Crippen LogP contribution is -2.44. The first-order valence-corrected chi connectivity index (χ1v) is 11.0. The van der Waals surface area contributed by atoms with Gasteiger partial charge in [-0.3, -0.25) is 9.78 Å². The van der Waals surface area contributed by atoms with Gasteiger partial charge in [0.2, 0.25) is 0 Å². The maximum absolute atomic E-state index is 12.9. The number of thiophene rings is 1. The summed E-state index contributed by atoms with van der Waals surface area (Å²) in [4.78, 5) is 16.6. The third-order valence-corrected chi connectivity index (χ3v) is 8.11. The second-order valence-corrected chi connectivity index (χ2v) is 9.98. The Labute approximate surface area is 170 Å². The van der Waals surface area contributed by atoms with Crippen LogP contribution in [0.3, 0.4) is 0 Å². The summed E-state index contributed by atoms with van der Waals surface area (Å²) in [6.45, 7) is 0. The highest BCUT2D eigenvalue weighted by molar-refractivity contribution is 7.91. The summed E-state index contributed by atoms with van der Waals surface area (Å²) in [5.41, 5.74) is -0.0177. The standard InChI is InChI=1S/C19H15ClN2O4S2/c20-14-5-3-12(4-6-14)16-7-8-17(27-16)28(25,26)22-19(18(23)24)10-15(19)13-2-1-9-21-11-13/h1-9,11,15,22H,10H2,(H,23,24)/t15-,19+/m0/s1. The molecule has 0 spiro atoms. The van der Waals surface area contributed by atoms with Crippen LogP contribution in [-0.4, -0.2) is 30.0 Å². The van der Waals surface area contributed by atoms with E-state index in [1.165, 1.54) is 6.07 Å². The van der Waals surface area contributed by atoms with Crippen molar-refractivity contribution in [1.82, 2.24) is 9.71 Å². The van der Waals surface area contributed by atoms with Crippen molar-refractivity contribution in [3.63, 3.8) is 0 Å². The van der Waals surface area contributed by atoms with Crippen LogP contribution in [0.5, 0.6) is 0 Å². The Balaban J connectivity index is 1.60. The minimum Gasteiger partial charge on any atom is -0.480 e. The Hall–Kier alpha value is -2.26. The van der Waals surface area contributed by atoms with Gasteiger partial charge in [0.05, 0.1) is 0 Å². The number of carboxylic acids is 1. The van der Waals surface area contributed by atoms with Gasteiger partial charge in [-0.1, -0.05) is 29.8 Å². The molecule has 0 aliphatic heterocycles. The van der Waals surface area contributed by atoms with Gasteiger partial charge in [0.25, 0.3) is 10.0 Å². The van der Waals surface area contributed by atoms with Gasteiger partial charge < -0.3 is 5.11 Å². The third-order valence-electron chi connectivity index (χ3n) is 4.72. The Morgan fingerprint density at radius 1 is 1.21 bits per heavy atom. The molecule has 0 unspecified atom stereocenters. The molecule has 144 valence electrons. The van der Waals surface area contributed by atoms with E-state index in [0.29, 0.717) is 10.6 Å². The summed E-state index contributed by atoms with van der Waals surface area (Å²) < 4.78 is 28.2. The lowest BCUT2D eigenvalue weighted by atomic mass is 10.1. The van der Waals surface area contributed by atoms with Crippen molar-refractivity contribution in [3.05, 3.63) is 71.5 Å². The number of hydrogen-bond acceptors (Lipinski definition) is 5. The molecule has 3 aromatic rings. The van der Waals surface area contributed by atoms with Crippen molar-refractivity contribution >= 4 is 38.9 Å². The molecule has 1 saturated carbocycles. The zero-order valence-electron chi connectivity index (χ0n) is 14.4. The molecule has 2 N–H and O–H groups in total. The smallest absolute Gasteiger partial charge is 0.325 e. The molecule has 4 rings (SSSR count). The average Bonchev–Trinajstić information content (AvgIpc) is 3.17. The van der Waals surface area contributed by atoms with Crippen molar-refractivity contribution in [2.45, 2.75) is 22.1 Å². The minimum absolute atomic E-state index is 0.0647. The number of carboxylic acid groups (broad SMARTS) is 1. The summed E-state index contributed by atoms with van der Waals surface area (Å²) in [6, 6.07) is 13.7. The maximum Gasteiger partial charge on any atom is 0.325 e. The van der Waals surface area contributed by atoms with Crippen molar-refractivity contribution in [2.75, 3.05) is 0 Å². The Morgan fingerprint density at radius 2 is 1.96 bits per heavy atom. The molecule has 1 aliphatic rings. The van der Waals surface area contributed by atoms with E-state index >= 15 is 0 Å². The highest BCUT2D eigenvalue weighted by Crippen LogP contribution is 2.52. The van der Waals surface area contributed by atoms with E-state index < -0.39 is 27.4 Å². The minimum atomic E-state index is -4.00. The van der Waals surface area contributed by atoms with Crippen LogP contribution >= 0.6 is 22.9 Å². The van der Waals surface area contributed by atoms with E-state index in [1.54, 1.807) is 54.9 Å². The monoisotopic (exact) mass is 434 g/mol. The van der Waals surface area contributed by atoms with Crippen LogP contribution in [0.15, 0.2) is 65.1 Å². The number of hydrogen-bond donors (Lipinski definition) is 2. The van der Waals surface area contributed by atoms with E-state index in [0.717, 1.165) is 21.8 Å². The van der Waals surface area contributed by atoms with Gasteiger partial charge in [-0.05, 0) is 47.9 Å². The molecule has 1 fully saturated rings. The topological polar surface area (TPSA) is 96.4 Å². The molecule has 9 heteroatoms. The summed E-state index contributed by atoms with van der Waals surface area (Å²) >= 11 is 6.96. The number of nitrogens with zero attached hydrogens (tertiary/aromatic N) is 1. The number of rotatable bonds is 6. The van der Waals surface area contributed by atoms with Gasteiger partial charge in [-0.15, -0.1) is 11.3 Å². The van der Waals surface area contributed by atoms with Gasteiger partial charge in [0.15, 0.2) is 0 Å². The van der Waals surface area contributed by atoms with Gasteiger partial charge in [-0.2, -0.15) is 4.72 Å². The zero-order chi connectivity index (χ0) is 19.9. The predicted molar refractivity (Wildman–Crippen MR) is 107 cm³/mol. The Bertz CT molecular complexity index is 1130. The first-order chi connectivity index (χ1) is 13.3. The largest absolute Gasteiger partial charge is 0.480 e. The molecule has 0 radical (unpaired) electrons.